The minimum atomic E-state index is -0.615. The van der Waals surface area contributed by atoms with E-state index in [1.807, 2.05) is 37.2 Å². The first kappa shape index (κ1) is 25.1. The molecule has 186 valence electrons. The molecule has 0 fully saturated rings. The lowest BCUT2D eigenvalue weighted by Gasteiger charge is -2.27. The molecule has 0 radical (unpaired) electrons. The molecule has 0 N–H and O–H groups in total. The largest absolute Gasteiger partial charge is 0.493 e. The number of carbonyl (C=O) groups excluding carboxylic acids is 1. The molecule has 3 aromatic rings. The van der Waals surface area contributed by atoms with Gasteiger partial charge in [-0.25, -0.2) is 0 Å². The maximum atomic E-state index is 13.6. The molecule has 0 bridgehead atoms. The molecule has 2 heterocycles. The molecule has 1 aliphatic heterocycles. The van der Waals surface area contributed by atoms with Crippen LogP contribution in [0.3, 0.4) is 0 Å². The molecule has 1 unspecified atom stereocenters. The van der Waals surface area contributed by atoms with Crippen LogP contribution in [0.1, 0.15) is 48.0 Å². The third kappa shape index (κ3) is 5.02. The van der Waals surface area contributed by atoms with Crippen molar-refractivity contribution in [2.45, 2.75) is 26.3 Å². The standard InChI is InChI=1S/C27H31ClN2O5/c1-16(2)10-13-34-21-8-6-17(14-22(21)33-5)24-23-25(31)19-15-18(28)7-9-20(19)35-26(23)27(32)30(24)12-11-29(3)4/h6-9,14-16,24H,10-13H2,1-5H3. The molecule has 2 aromatic carbocycles. The van der Waals surface area contributed by atoms with E-state index in [0.29, 0.717) is 58.7 Å². The maximum Gasteiger partial charge on any atom is 0.290 e. The van der Waals surface area contributed by atoms with Crippen LogP contribution in [-0.2, 0) is 0 Å². The van der Waals surface area contributed by atoms with Crippen molar-refractivity contribution in [3.63, 3.8) is 0 Å². The average Bonchev–Trinajstić information content (AvgIpc) is 3.10. The van der Waals surface area contributed by atoms with Gasteiger partial charge in [-0.3, -0.25) is 9.59 Å². The van der Waals surface area contributed by atoms with E-state index in [0.717, 1.165) is 12.0 Å². The zero-order valence-electron chi connectivity index (χ0n) is 20.8. The third-order valence-corrected chi connectivity index (χ3v) is 6.41. The van der Waals surface area contributed by atoms with Gasteiger partial charge in [0.25, 0.3) is 5.91 Å². The molecule has 4 rings (SSSR count). The topological polar surface area (TPSA) is 72.2 Å². The predicted molar refractivity (Wildman–Crippen MR) is 137 cm³/mol. The molecule has 35 heavy (non-hydrogen) atoms. The van der Waals surface area contributed by atoms with Gasteiger partial charge in [-0.2, -0.15) is 0 Å². The van der Waals surface area contributed by atoms with Crippen LogP contribution in [0.2, 0.25) is 5.02 Å². The first-order valence-electron chi connectivity index (χ1n) is 11.7. The highest BCUT2D eigenvalue weighted by molar-refractivity contribution is 6.31. The SMILES string of the molecule is COc1cc(C2c3c(oc4ccc(Cl)cc4c3=O)C(=O)N2CCN(C)C)ccc1OCCC(C)C. The summed E-state index contributed by atoms with van der Waals surface area (Å²) in [4.78, 5) is 30.8. The van der Waals surface area contributed by atoms with Crippen LogP contribution in [0.25, 0.3) is 11.0 Å². The number of rotatable bonds is 9. The van der Waals surface area contributed by atoms with Crippen LogP contribution < -0.4 is 14.9 Å². The van der Waals surface area contributed by atoms with E-state index in [1.165, 1.54) is 0 Å². The Balaban J connectivity index is 1.82. The summed E-state index contributed by atoms with van der Waals surface area (Å²) < 4.78 is 17.5. The Morgan fingerprint density at radius 2 is 1.89 bits per heavy atom. The van der Waals surface area contributed by atoms with Crippen molar-refractivity contribution >= 4 is 28.5 Å². The highest BCUT2D eigenvalue weighted by atomic mass is 35.5. The average molecular weight is 499 g/mol. The third-order valence-electron chi connectivity index (χ3n) is 6.17. The number of halogens is 1. The van der Waals surface area contributed by atoms with Crippen molar-refractivity contribution in [2.24, 2.45) is 5.92 Å². The summed E-state index contributed by atoms with van der Waals surface area (Å²) in [5.41, 5.74) is 1.15. The van der Waals surface area contributed by atoms with E-state index < -0.39 is 6.04 Å². The van der Waals surface area contributed by atoms with Gasteiger partial charge in [0.1, 0.15) is 5.58 Å². The molecule has 0 spiro atoms. The van der Waals surface area contributed by atoms with E-state index in [1.54, 1.807) is 30.2 Å². The minimum Gasteiger partial charge on any atom is -0.493 e. The summed E-state index contributed by atoms with van der Waals surface area (Å²) >= 11 is 6.16. The lowest BCUT2D eigenvalue weighted by atomic mass is 9.98. The normalized spacial score (nSPS) is 15.4. The maximum absolute atomic E-state index is 13.6. The lowest BCUT2D eigenvalue weighted by Crippen LogP contribution is -2.35. The number of hydrogen-bond acceptors (Lipinski definition) is 6. The Hall–Kier alpha value is -3.03. The number of methoxy groups -OCH3 is 1. The van der Waals surface area contributed by atoms with E-state index in [4.69, 9.17) is 25.5 Å². The molecule has 1 atom stereocenters. The van der Waals surface area contributed by atoms with Crippen molar-refractivity contribution in [1.82, 2.24) is 9.80 Å². The van der Waals surface area contributed by atoms with E-state index in [2.05, 4.69) is 13.8 Å². The van der Waals surface area contributed by atoms with Crippen molar-refractivity contribution in [2.75, 3.05) is 40.9 Å². The molecule has 1 aliphatic rings. The van der Waals surface area contributed by atoms with Crippen molar-refractivity contribution in [3.8, 4) is 11.5 Å². The molecular formula is C27H31ClN2O5. The molecule has 1 aromatic heterocycles. The highest BCUT2D eigenvalue weighted by Gasteiger charge is 2.42. The van der Waals surface area contributed by atoms with Gasteiger partial charge in [0, 0.05) is 18.1 Å². The summed E-state index contributed by atoms with van der Waals surface area (Å²) in [7, 11) is 5.46. The Labute approximate surface area is 210 Å². The van der Waals surface area contributed by atoms with Crippen molar-refractivity contribution < 1.29 is 18.7 Å². The molecule has 7 nitrogen and oxygen atoms in total. The molecule has 8 heteroatoms. The summed E-state index contributed by atoms with van der Waals surface area (Å²) in [6, 6.07) is 9.78. The summed E-state index contributed by atoms with van der Waals surface area (Å²) in [6.07, 6.45) is 0.921. The second-order valence-electron chi connectivity index (χ2n) is 9.46. The number of fused-ring (bicyclic) bond motifs is 2. The van der Waals surface area contributed by atoms with E-state index in [-0.39, 0.29) is 17.1 Å². The van der Waals surface area contributed by atoms with Crippen LogP contribution in [0.5, 0.6) is 11.5 Å². The summed E-state index contributed by atoms with van der Waals surface area (Å²) in [6.45, 7) is 5.91. The highest BCUT2D eigenvalue weighted by Crippen LogP contribution is 2.41. The fraction of sp³-hybridized carbons (Fsp3) is 0.407. The quantitative estimate of drug-likeness (QED) is 0.414. The summed E-state index contributed by atoms with van der Waals surface area (Å²) in [5.74, 6) is 1.46. The van der Waals surface area contributed by atoms with Crippen LogP contribution in [-0.4, -0.2) is 56.6 Å². The van der Waals surface area contributed by atoms with Crippen LogP contribution in [0.15, 0.2) is 45.6 Å². The van der Waals surface area contributed by atoms with E-state index in [9.17, 15) is 9.59 Å². The first-order chi connectivity index (χ1) is 16.7. The van der Waals surface area contributed by atoms with Crippen LogP contribution >= 0.6 is 11.6 Å². The molecular weight excluding hydrogens is 468 g/mol. The zero-order chi connectivity index (χ0) is 25.3. The lowest BCUT2D eigenvalue weighted by molar-refractivity contribution is 0.0716. The second kappa shape index (κ2) is 10.3. The van der Waals surface area contributed by atoms with Gasteiger partial charge in [0.2, 0.25) is 5.76 Å². The number of likely N-dealkylation sites (N-methyl/N-ethyl adjacent to an activating group) is 1. The smallest absolute Gasteiger partial charge is 0.290 e. The molecule has 1 amide bonds. The fourth-order valence-electron chi connectivity index (χ4n) is 4.26. The number of ether oxygens (including phenoxy) is 2. The van der Waals surface area contributed by atoms with Gasteiger partial charge in [0.15, 0.2) is 16.9 Å². The van der Waals surface area contributed by atoms with Gasteiger partial charge in [-0.15, -0.1) is 0 Å². The van der Waals surface area contributed by atoms with Gasteiger partial charge in [-0.05, 0) is 62.3 Å². The minimum absolute atomic E-state index is 0.0739. The Morgan fingerprint density at radius 1 is 1.11 bits per heavy atom. The van der Waals surface area contributed by atoms with Gasteiger partial charge in [0.05, 0.1) is 30.7 Å². The summed E-state index contributed by atoms with van der Waals surface area (Å²) in [5, 5.41) is 0.781. The van der Waals surface area contributed by atoms with Crippen molar-refractivity contribution in [1.29, 1.82) is 0 Å². The fourth-order valence-corrected chi connectivity index (χ4v) is 4.43. The van der Waals surface area contributed by atoms with Gasteiger partial charge < -0.3 is 23.7 Å². The zero-order valence-corrected chi connectivity index (χ0v) is 21.5. The van der Waals surface area contributed by atoms with Crippen molar-refractivity contribution in [3.05, 3.63) is 68.5 Å². The molecule has 0 saturated carbocycles. The number of carbonyl (C=O) groups is 1. The van der Waals surface area contributed by atoms with E-state index >= 15 is 0 Å². The number of hydrogen-bond donors (Lipinski definition) is 0. The van der Waals surface area contributed by atoms with Crippen LogP contribution in [0.4, 0.5) is 0 Å². The second-order valence-corrected chi connectivity index (χ2v) is 9.90. The molecule has 0 saturated heterocycles. The number of nitrogens with zero attached hydrogens (tertiary/aromatic N) is 2. The Kier molecular flexibility index (Phi) is 7.38. The van der Waals surface area contributed by atoms with Gasteiger partial charge >= 0.3 is 0 Å². The first-order valence-corrected chi connectivity index (χ1v) is 12.1. The molecule has 0 aliphatic carbocycles. The van der Waals surface area contributed by atoms with Gasteiger partial charge in [-0.1, -0.05) is 31.5 Å². The Morgan fingerprint density at radius 3 is 2.57 bits per heavy atom. The Bertz CT molecular complexity index is 1300. The predicted octanol–water partition coefficient (Wildman–Crippen LogP) is 4.99. The monoisotopic (exact) mass is 498 g/mol. The number of amides is 1. The van der Waals surface area contributed by atoms with Crippen LogP contribution in [0, 0.1) is 5.92 Å². The number of benzene rings is 2.